The first kappa shape index (κ1) is 15.2. The molecule has 0 aliphatic carbocycles. The van der Waals surface area contributed by atoms with Crippen LogP contribution < -0.4 is 5.32 Å². The van der Waals surface area contributed by atoms with Crippen molar-refractivity contribution >= 4 is 40.6 Å². The molecule has 0 aliphatic rings. The Morgan fingerprint density at radius 1 is 1.29 bits per heavy atom. The number of nitrogens with zero attached hydrogens (tertiary/aromatic N) is 2. The zero-order valence-electron chi connectivity index (χ0n) is 10.8. The van der Waals surface area contributed by atoms with E-state index in [9.17, 15) is 14.9 Å². The van der Waals surface area contributed by atoms with E-state index < -0.39 is 10.8 Å². The summed E-state index contributed by atoms with van der Waals surface area (Å²) in [5, 5.41) is 13.8. The Kier molecular flexibility index (Phi) is 4.40. The van der Waals surface area contributed by atoms with Crippen LogP contribution in [0.2, 0.25) is 10.2 Å². The van der Waals surface area contributed by atoms with Crippen molar-refractivity contribution in [3.63, 3.8) is 0 Å². The normalized spacial score (nSPS) is 10.2. The quantitative estimate of drug-likeness (QED) is 0.527. The molecule has 0 radical (unpaired) electrons. The molecule has 1 N–H and O–H groups in total. The van der Waals surface area contributed by atoms with Gasteiger partial charge in [-0.2, -0.15) is 0 Å². The van der Waals surface area contributed by atoms with Gasteiger partial charge in [0.05, 0.1) is 4.92 Å². The van der Waals surface area contributed by atoms with Gasteiger partial charge < -0.3 is 5.32 Å². The van der Waals surface area contributed by atoms with E-state index in [1.807, 2.05) is 0 Å². The second-order valence-corrected chi connectivity index (χ2v) is 5.00. The third kappa shape index (κ3) is 3.48. The number of hydrogen-bond donors (Lipinski definition) is 1. The number of nitro groups is 1. The number of rotatable bonds is 3. The molecular weight excluding hydrogens is 317 g/mol. The van der Waals surface area contributed by atoms with Crippen molar-refractivity contribution in [3.05, 3.63) is 61.7 Å². The monoisotopic (exact) mass is 325 g/mol. The molecule has 1 aromatic heterocycles. The molecule has 6 nitrogen and oxygen atoms in total. The van der Waals surface area contributed by atoms with Gasteiger partial charge in [-0.3, -0.25) is 14.9 Å². The average Bonchev–Trinajstić information content (AvgIpc) is 2.37. The van der Waals surface area contributed by atoms with E-state index in [4.69, 9.17) is 23.2 Å². The van der Waals surface area contributed by atoms with E-state index in [1.54, 1.807) is 19.1 Å². The van der Waals surface area contributed by atoms with Gasteiger partial charge in [-0.15, -0.1) is 0 Å². The summed E-state index contributed by atoms with van der Waals surface area (Å²) in [6.45, 7) is 1.71. The first-order valence-corrected chi connectivity index (χ1v) is 6.52. The fourth-order valence-corrected chi connectivity index (χ4v) is 2.10. The maximum atomic E-state index is 12.2. The van der Waals surface area contributed by atoms with E-state index in [0.29, 0.717) is 16.1 Å². The maximum absolute atomic E-state index is 12.2. The first-order valence-electron chi connectivity index (χ1n) is 5.77. The van der Waals surface area contributed by atoms with Gasteiger partial charge in [-0.05, 0) is 36.8 Å². The Morgan fingerprint density at radius 2 is 2.00 bits per heavy atom. The summed E-state index contributed by atoms with van der Waals surface area (Å²) < 4.78 is 0. The van der Waals surface area contributed by atoms with E-state index in [1.165, 1.54) is 18.2 Å². The van der Waals surface area contributed by atoms with Gasteiger partial charge in [0.1, 0.15) is 5.15 Å². The highest BCUT2D eigenvalue weighted by molar-refractivity contribution is 6.31. The molecule has 0 spiro atoms. The summed E-state index contributed by atoms with van der Waals surface area (Å²) in [6.07, 6.45) is 0. The number of aryl methyl sites for hydroxylation is 1. The molecule has 2 aromatic rings. The fourth-order valence-electron chi connectivity index (χ4n) is 1.72. The summed E-state index contributed by atoms with van der Waals surface area (Å²) in [5.41, 5.74) is 0.652. The highest BCUT2D eigenvalue weighted by Crippen LogP contribution is 2.25. The number of pyridine rings is 1. The highest BCUT2D eigenvalue weighted by atomic mass is 35.5. The Bertz CT molecular complexity index is 735. The van der Waals surface area contributed by atoms with Crippen LogP contribution in [0.25, 0.3) is 0 Å². The molecule has 21 heavy (non-hydrogen) atoms. The van der Waals surface area contributed by atoms with Gasteiger partial charge in [0.15, 0.2) is 0 Å². The van der Waals surface area contributed by atoms with E-state index in [2.05, 4.69) is 10.3 Å². The predicted molar refractivity (Wildman–Crippen MR) is 80.0 cm³/mol. The number of nitrogens with one attached hydrogen (secondary N) is 1. The maximum Gasteiger partial charge on any atom is 0.311 e. The molecule has 0 unspecified atom stereocenters. The van der Waals surface area contributed by atoms with Gasteiger partial charge in [0.25, 0.3) is 5.91 Å². The minimum absolute atomic E-state index is 0.0451. The van der Waals surface area contributed by atoms with Crippen LogP contribution in [0.5, 0.6) is 0 Å². The molecule has 1 aromatic carbocycles. The van der Waals surface area contributed by atoms with Crippen molar-refractivity contribution in [3.8, 4) is 0 Å². The van der Waals surface area contributed by atoms with Crippen molar-refractivity contribution in [1.29, 1.82) is 0 Å². The number of amides is 1. The second kappa shape index (κ2) is 6.07. The molecule has 0 saturated carbocycles. The topological polar surface area (TPSA) is 85.1 Å². The number of benzene rings is 1. The predicted octanol–water partition coefficient (Wildman–Crippen LogP) is 3.86. The second-order valence-electron chi connectivity index (χ2n) is 4.17. The lowest BCUT2D eigenvalue weighted by atomic mass is 10.1. The Morgan fingerprint density at radius 3 is 2.62 bits per heavy atom. The van der Waals surface area contributed by atoms with Crippen LogP contribution in [-0.4, -0.2) is 15.8 Å². The third-order valence-electron chi connectivity index (χ3n) is 2.70. The van der Waals surface area contributed by atoms with Crippen LogP contribution in [0.3, 0.4) is 0 Å². The van der Waals surface area contributed by atoms with Gasteiger partial charge in [-0.25, -0.2) is 4.98 Å². The van der Waals surface area contributed by atoms with Crippen molar-refractivity contribution in [2.75, 3.05) is 5.32 Å². The van der Waals surface area contributed by atoms with Crippen LogP contribution in [0, 0.1) is 17.0 Å². The highest BCUT2D eigenvalue weighted by Gasteiger charge is 2.19. The molecule has 1 heterocycles. The minimum atomic E-state index is -0.645. The fraction of sp³-hybridized carbons (Fsp3) is 0.0769. The lowest BCUT2D eigenvalue weighted by Gasteiger charge is -2.08. The minimum Gasteiger partial charge on any atom is -0.301 e. The molecule has 2 rings (SSSR count). The summed E-state index contributed by atoms with van der Waals surface area (Å²) in [7, 11) is 0. The van der Waals surface area contributed by atoms with E-state index in [-0.39, 0.29) is 16.7 Å². The average molecular weight is 326 g/mol. The molecule has 0 aliphatic heterocycles. The van der Waals surface area contributed by atoms with Crippen LogP contribution >= 0.6 is 23.2 Å². The van der Waals surface area contributed by atoms with Crippen molar-refractivity contribution in [2.24, 2.45) is 0 Å². The first-order chi connectivity index (χ1) is 9.88. The number of hydrogen-bond acceptors (Lipinski definition) is 4. The number of carbonyl (C=O) groups excluding carboxylic acids is 1. The van der Waals surface area contributed by atoms with Gasteiger partial charge in [0.2, 0.25) is 5.82 Å². The van der Waals surface area contributed by atoms with Crippen LogP contribution in [-0.2, 0) is 0 Å². The van der Waals surface area contributed by atoms with Gasteiger partial charge in [-0.1, -0.05) is 23.2 Å². The number of aromatic nitrogens is 1. The number of carbonyl (C=O) groups is 1. The lowest BCUT2D eigenvalue weighted by molar-refractivity contribution is -0.384. The van der Waals surface area contributed by atoms with Gasteiger partial charge >= 0.3 is 5.69 Å². The Labute approximate surface area is 129 Å². The number of anilines is 1. The molecule has 1 amide bonds. The lowest BCUT2D eigenvalue weighted by Crippen LogP contribution is -2.15. The molecule has 0 bridgehead atoms. The van der Waals surface area contributed by atoms with Crippen molar-refractivity contribution in [2.45, 2.75) is 6.92 Å². The van der Waals surface area contributed by atoms with Crippen molar-refractivity contribution in [1.82, 2.24) is 4.98 Å². The van der Waals surface area contributed by atoms with Crippen LogP contribution in [0.15, 0.2) is 30.3 Å². The largest absolute Gasteiger partial charge is 0.311 e. The Balaban J connectivity index is 2.35. The molecule has 0 atom stereocenters. The van der Waals surface area contributed by atoms with Crippen molar-refractivity contribution < 1.29 is 9.72 Å². The molecular formula is C13H9Cl2N3O3. The molecule has 0 fully saturated rings. The third-order valence-corrected chi connectivity index (χ3v) is 3.15. The van der Waals surface area contributed by atoms with Crippen LogP contribution in [0.1, 0.15) is 15.9 Å². The zero-order chi connectivity index (χ0) is 15.6. The van der Waals surface area contributed by atoms with Gasteiger partial charge in [0, 0.05) is 16.7 Å². The smallest absolute Gasteiger partial charge is 0.301 e. The zero-order valence-corrected chi connectivity index (χ0v) is 12.3. The van der Waals surface area contributed by atoms with E-state index in [0.717, 1.165) is 0 Å². The summed E-state index contributed by atoms with van der Waals surface area (Å²) in [5.74, 6) is -0.728. The molecule has 0 saturated heterocycles. The molecule has 108 valence electrons. The SMILES string of the molecule is Cc1cc(Cl)ccc1C(=O)Nc1nc(Cl)ccc1[N+](=O)[O-]. The summed E-state index contributed by atoms with van der Waals surface area (Å²) in [4.78, 5) is 26.2. The standard InChI is InChI=1S/C13H9Cl2N3O3/c1-7-6-8(14)2-3-9(7)13(19)17-12-10(18(20)21)4-5-11(15)16-12/h2-6H,1H3,(H,16,17,19). The molecule has 8 heteroatoms. The number of halogens is 2. The van der Waals surface area contributed by atoms with E-state index >= 15 is 0 Å². The summed E-state index contributed by atoms with van der Waals surface area (Å²) >= 11 is 11.5. The van der Waals surface area contributed by atoms with Crippen LogP contribution in [0.4, 0.5) is 11.5 Å². The summed E-state index contributed by atoms with van der Waals surface area (Å²) in [6, 6.07) is 7.17. The Hall–Kier alpha value is -2.18.